The molecule has 4 heterocycles. The highest BCUT2D eigenvalue weighted by Crippen LogP contribution is 2.26. The smallest absolute Gasteiger partial charge is 0.131 e. The van der Waals surface area contributed by atoms with Crippen LogP contribution in [0.25, 0.3) is 0 Å². The average Bonchev–Trinajstić information content (AvgIpc) is 3.19. The molecular weight excluding hydrogens is 326 g/mol. The summed E-state index contributed by atoms with van der Waals surface area (Å²) in [7, 11) is 0. The number of aryl methyl sites for hydroxylation is 1. The topological polar surface area (TPSA) is 74.1 Å². The number of aromatic nitrogens is 2. The number of nitrogens with zero attached hydrogens (tertiary/aromatic N) is 4. The SMILES string of the molecule is Cc1cc(C#N)cnc1N1CCc2ncc(NCC3CCCO3)cc2C1. The molecule has 0 saturated carbocycles. The Bertz CT molecular complexity index is 839. The molecule has 2 aliphatic heterocycles. The molecule has 2 aromatic heterocycles. The molecule has 1 atom stereocenters. The molecular formula is C20H23N5O. The third-order valence-corrected chi connectivity index (χ3v) is 5.08. The second-order valence-corrected chi connectivity index (χ2v) is 6.99. The fourth-order valence-corrected chi connectivity index (χ4v) is 3.70. The van der Waals surface area contributed by atoms with Crippen molar-refractivity contribution in [1.82, 2.24) is 9.97 Å². The van der Waals surface area contributed by atoms with Crippen LogP contribution in [0.2, 0.25) is 0 Å². The van der Waals surface area contributed by atoms with Gasteiger partial charge in [0.2, 0.25) is 0 Å². The fourth-order valence-electron chi connectivity index (χ4n) is 3.70. The quantitative estimate of drug-likeness (QED) is 0.915. The van der Waals surface area contributed by atoms with E-state index < -0.39 is 0 Å². The van der Waals surface area contributed by atoms with Gasteiger partial charge in [0.05, 0.1) is 23.6 Å². The monoisotopic (exact) mass is 349 g/mol. The molecule has 0 bridgehead atoms. The Labute approximate surface area is 153 Å². The fraction of sp³-hybridized carbons (Fsp3) is 0.450. The third kappa shape index (κ3) is 3.49. The first-order valence-corrected chi connectivity index (χ1v) is 9.18. The second-order valence-electron chi connectivity index (χ2n) is 6.99. The van der Waals surface area contributed by atoms with Gasteiger partial charge in [0, 0.05) is 44.6 Å². The minimum absolute atomic E-state index is 0.313. The number of rotatable bonds is 4. The zero-order valence-corrected chi connectivity index (χ0v) is 15.0. The first kappa shape index (κ1) is 16.8. The van der Waals surface area contributed by atoms with Gasteiger partial charge < -0.3 is 15.0 Å². The van der Waals surface area contributed by atoms with Crippen molar-refractivity contribution in [2.45, 2.75) is 38.8 Å². The summed E-state index contributed by atoms with van der Waals surface area (Å²) < 4.78 is 5.67. The van der Waals surface area contributed by atoms with Gasteiger partial charge in [-0.15, -0.1) is 0 Å². The summed E-state index contributed by atoms with van der Waals surface area (Å²) in [6.07, 6.45) is 7.07. The van der Waals surface area contributed by atoms with Crippen LogP contribution in [-0.4, -0.2) is 35.8 Å². The molecule has 0 aromatic carbocycles. The van der Waals surface area contributed by atoms with Crippen LogP contribution in [0.15, 0.2) is 24.5 Å². The summed E-state index contributed by atoms with van der Waals surface area (Å²) in [5, 5.41) is 12.5. The molecule has 1 saturated heterocycles. The van der Waals surface area contributed by atoms with Crippen molar-refractivity contribution in [1.29, 1.82) is 5.26 Å². The lowest BCUT2D eigenvalue weighted by atomic mass is 10.0. The number of anilines is 2. The van der Waals surface area contributed by atoms with Gasteiger partial charge in [-0.25, -0.2) is 4.98 Å². The summed E-state index contributed by atoms with van der Waals surface area (Å²) in [6, 6.07) is 6.24. The summed E-state index contributed by atoms with van der Waals surface area (Å²) in [5.41, 5.74) is 5.08. The van der Waals surface area contributed by atoms with Gasteiger partial charge in [-0.2, -0.15) is 5.26 Å². The third-order valence-electron chi connectivity index (χ3n) is 5.08. The highest BCUT2D eigenvalue weighted by molar-refractivity contribution is 5.53. The van der Waals surface area contributed by atoms with Crippen LogP contribution in [0.5, 0.6) is 0 Å². The van der Waals surface area contributed by atoms with Crippen LogP contribution in [0.1, 0.15) is 35.2 Å². The van der Waals surface area contributed by atoms with Crippen molar-refractivity contribution < 1.29 is 4.74 Å². The Balaban J connectivity index is 1.48. The van der Waals surface area contributed by atoms with Gasteiger partial charge in [0.1, 0.15) is 11.9 Å². The van der Waals surface area contributed by atoms with Crippen molar-refractivity contribution in [3.63, 3.8) is 0 Å². The predicted octanol–water partition coefficient (Wildman–Crippen LogP) is 2.81. The van der Waals surface area contributed by atoms with E-state index in [1.165, 1.54) is 5.56 Å². The van der Waals surface area contributed by atoms with E-state index in [2.05, 4.69) is 32.3 Å². The number of hydrogen-bond acceptors (Lipinski definition) is 6. The van der Waals surface area contributed by atoms with E-state index in [9.17, 15) is 0 Å². The standard InChI is InChI=1S/C20H23N5O/c1-14-7-15(9-21)10-24-20(14)25-5-4-19-16(13-25)8-17(11-23-19)22-12-18-3-2-6-26-18/h7-8,10-11,18,22H,2-6,12-13H2,1H3. The number of fused-ring (bicyclic) bond motifs is 1. The van der Waals surface area contributed by atoms with Crippen molar-refractivity contribution >= 4 is 11.5 Å². The maximum Gasteiger partial charge on any atom is 0.131 e. The lowest BCUT2D eigenvalue weighted by molar-refractivity contribution is 0.120. The molecule has 6 heteroatoms. The maximum atomic E-state index is 9.03. The van der Waals surface area contributed by atoms with Crippen molar-refractivity contribution in [2.75, 3.05) is 29.9 Å². The Morgan fingerprint density at radius 2 is 2.27 bits per heavy atom. The summed E-state index contributed by atoms with van der Waals surface area (Å²) in [6.45, 7) is 5.40. The van der Waals surface area contributed by atoms with E-state index in [0.717, 1.165) is 68.3 Å². The van der Waals surface area contributed by atoms with E-state index in [4.69, 9.17) is 10.00 Å². The molecule has 26 heavy (non-hydrogen) atoms. The molecule has 0 radical (unpaired) electrons. The van der Waals surface area contributed by atoms with Gasteiger partial charge in [0.25, 0.3) is 0 Å². The van der Waals surface area contributed by atoms with Crippen molar-refractivity contribution in [3.05, 3.63) is 46.9 Å². The van der Waals surface area contributed by atoms with E-state index in [1.807, 2.05) is 19.2 Å². The molecule has 4 rings (SSSR count). The highest BCUT2D eigenvalue weighted by Gasteiger charge is 2.21. The molecule has 2 aromatic rings. The normalized spacial score (nSPS) is 19.1. The molecule has 1 N–H and O–H groups in total. The van der Waals surface area contributed by atoms with Crippen molar-refractivity contribution in [3.8, 4) is 6.07 Å². The maximum absolute atomic E-state index is 9.03. The number of hydrogen-bond donors (Lipinski definition) is 1. The highest BCUT2D eigenvalue weighted by atomic mass is 16.5. The van der Waals surface area contributed by atoms with Crippen LogP contribution >= 0.6 is 0 Å². The Kier molecular flexibility index (Phi) is 4.72. The molecule has 0 spiro atoms. The Morgan fingerprint density at radius 1 is 1.35 bits per heavy atom. The second kappa shape index (κ2) is 7.30. The molecule has 6 nitrogen and oxygen atoms in total. The first-order chi connectivity index (χ1) is 12.7. The van der Waals surface area contributed by atoms with Gasteiger partial charge in [0.15, 0.2) is 0 Å². The lowest BCUT2D eigenvalue weighted by Crippen LogP contribution is -2.32. The van der Waals surface area contributed by atoms with Gasteiger partial charge >= 0.3 is 0 Å². The summed E-state index contributed by atoms with van der Waals surface area (Å²) in [4.78, 5) is 11.4. The number of ether oxygens (including phenoxy) is 1. The molecule has 134 valence electrons. The number of nitriles is 1. The molecule has 0 amide bonds. The summed E-state index contributed by atoms with van der Waals surface area (Å²) in [5.74, 6) is 0.951. The van der Waals surface area contributed by atoms with E-state index >= 15 is 0 Å². The van der Waals surface area contributed by atoms with Gasteiger partial charge in [-0.3, -0.25) is 4.98 Å². The summed E-state index contributed by atoms with van der Waals surface area (Å²) >= 11 is 0. The van der Waals surface area contributed by atoms with Crippen LogP contribution < -0.4 is 10.2 Å². The molecule has 1 fully saturated rings. The van der Waals surface area contributed by atoms with Crippen molar-refractivity contribution in [2.24, 2.45) is 0 Å². The van der Waals surface area contributed by atoms with E-state index in [0.29, 0.717) is 11.7 Å². The molecule has 1 unspecified atom stereocenters. The van der Waals surface area contributed by atoms with Gasteiger partial charge in [-0.05, 0) is 43.0 Å². The van der Waals surface area contributed by atoms with Gasteiger partial charge in [-0.1, -0.05) is 0 Å². The minimum Gasteiger partial charge on any atom is -0.381 e. The molecule has 0 aliphatic carbocycles. The largest absolute Gasteiger partial charge is 0.381 e. The van der Waals surface area contributed by atoms with Crippen LogP contribution in [0, 0.1) is 18.3 Å². The molecule has 2 aliphatic rings. The van der Waals surface area contributed by atoms with Crippen LogP contribution in [0.3, 0.4) is 0 Å². The van der Waals surface area contributed by atoms with E-state index in [1.54, 1.807) is 6.20 Å². The van der Waals surface area contributed by atoms with E-state index in [-0.39, 0.29) is 0 Å². The minimum atomic E-state index is 0.313. The first-order valence-electron chi connectivity index (χ1n) is 9.18. The Hall–Kier alpha value is -2.65. The zero-order chi connectivity index (χ0) is 17.9. The number of pyridine rings is 2. The Morgan fingerprint density at radius 3 is 3.04 bits per heavy atom. The van der Waals surface area contributed by atoms with Crippen LogP contribution in [-0.2, 0) is 17.7 Å². The lowest BCUT2D eigenvalue weighted by Gasteiger charge is -2.30. The number of nitrogens with one attached hydrogen (secondary N) is 1. The van der Waals surface area contributed by atoms with Crippen LogP contribution in [0.4, 0.5) is 11.5 Å². The zero-order valence-electron chi connectivity index (χ0n) is 15.0. The predicted molar refractivity (Wildman–Crippen MR) is 100 cm³/mol. The average molecular weight is 349 g/mol.